The summed E-state index contributed by atoms with van der Waals surface area (Å²) < 4.78 is 3.23. The van der Waals surface area contributed by atoms with E-state index in [2.05, 4.69) is 10.2 Å². The SMILES string of the molecule is Nc1cn(CCn2cccn2)nc1C(=O)O. The fourth-order valence-electron chi connectivity index (χ4n) is 1.36. The van der Waals surface area contributed by atoms with Crippen LogP contribution < -0.4 is 5.73 Å². The molecule has 84 valence electrons. The molecule has 2 heterocycles. The van der Waals surface area contributed by atoms with E-state index in [0.29, 0.717) is 13.1 Å². The second-order valence-corrected chi connectivity index (χ2v) is 3.27. The lowest BCUT2D eigenvalue weighted by Crippen LogP contribution is -2.09. The zero-order chi connectivity index (χ0) is 11.5. The molecule has 0 radical (unpaired) electrons. The van der Waals surface area contributed by atoms with Gasteiger partial charge in [-0.25, -0.2) is 4.79 Å². The molecule has 0 aliphatic heterocycles. The summed E-state index contributed by atoms with van der Waals surface area (Å²) in [6.07, 6.45) is 5.01. The van der Waals surface area contributed by atoms with Crippen LogP contribution in [0, 0.1) is 0 Å². The van der Waals surface area contributed by atoms with Crippen LogP contribution in [0.4, 0.5) is 5.69 Å². The Morgan fingerprint density at radius 2 is 2.19 bits per heavy atom. The van der Waals surface area contributed by atoms with Crippen LogP contribution in [0.15, 0.2) is 24.7 Å². The second-order valence-electron chi connectivity index (χ2n) is 3.27. The minimum Gasteiger partial charge on any atom is -0.476 e. The Hall–Kier alpha value is -2.31. The summed E-state index contributed by atoms with van der Waals surface area (Å²) in [5.41, 5.74) is 5.57. The fourth-order valence-corrected chi connectivity index (χ4v) is 1.36. The largest absolute Gasteiger partial charge is 0.476 e. The van der Waals surface area contributed by atoms with E-state index < -0.39 is 5.97 Å². The Labute approximate surface area is 91.1 Å². The van der Waals surface area contributed by atoms with Crippen molar-refractivity contribution in [3.05, 3.63) is 30.4 Å². The van der Waals surface area contributed by atoms with E-state index in [0.717, 1.165) is 0 Å². The summed E-state index contributed by atoms with van der Waals surface area (Å²) in [5.74, 6) is -1.12. The predicted octanol–water partition coefficient (Wildman–Crippen LogP) is 0.0602. The van der Waals surface area contributed by atoms with Crippen molar-refractivity contribution in [2.75, 3.05) is 5.73 Å². The summed E-state index contributed by atoms with van der Waals surface area (Å²) in [5, 5.41) is 16.6. The molecule has 0 amide bonds. The van der Waals surface area contributed by atoms with E-state index in [9.17, 15) is 4.79 Å². The summed E-state index contributed by atoms with van der Waals surface area (Å²) in [7, 11) is 0. The molecule has 3 N–H and O–H groups in total. The average Bonchev–Trinajstić information content (AvgIpc) is 2.83. The summed E-state index contributed by atoms with van der Waals surface area (Å²) in [6, 6.07) is 1.82. The van der Waals surface area contributed by atoms with Crippen molar-refractivity contribution in [1.29, 1.82) is 0 Å². The van der Waals surface area contributed by atoms with Gasteiger partial charge in [-0.1, -0.05) is 0 Å². The molecule has 0 bridgehead atoms. The van der Waals surface area contributed by atoms with Crippen molar-refractivity contribution >= 4 is 11.7 Å². The van der Waals surface area contributed by atoms with E-state index in [-0.39, 0.29) is 11.4 Å². The monoisotopic (exact) mass is 221 g/mol. The Morgan fingerprint density at radius 3 is 2.75 bits per heavy atom. The number of aromatic carboxylic acids is 1. The maximum Gasteiger partial charge on any atom is 0.358 e. The first-order valence-corrected chi connectivity index (χ1v) is 4.70. The number of carboxylic acid groups (broad SMARTS) is 1. The number of carboxylic acids is 1. The van der Waals surface area contributed by atoms with Gasteiger partial charge in [0.2, 0.25) is 0 Å². The highest BCUT2D eigenvalue weighted by atomic mass is 16.4. The van der Waals surface area contributed by atoms with Gasteiger partial charge in [-0.2, -0.15) is 10.2 Å². The predicted molar refractivity (Wildman–Crippen MR) is 55.8 cm³/mol. The first-order valence-electron chi connectivity index (χ1n) is 4.70. The molecule has 0 fully saturated rings. The standard InChI is InChI=1S/C9H11N5O2/c10-7-6-14(12-8(7)9(15)16)5-4-13-3-1-2-11-13/h1-3,6H,4-5,10H2,(H,15,16). The molecule has 2 aromatic heterocycles. The highest BCUT2D eigenvalue weighted by molar-refractivity contribution is 5.91. The van der Waals surface area contributed by atoms with Gasteiger partial charge < -0.3 is 10.8 Å². The van der Waals surface area contributed by atoms with E-state index in [1.807, 2.05) is 12.3 Å². The third-order valence-electron chi connectivity index (χ3n) is 2.11. The highest BCUT2D eigenvalue weighted by Crippen LogP contribution is 2.08. The van der Waals surface area contributed by atoms with Crippen LogP contribution in [0.1, 0.15) is 10.5 Å². The van der Waals surface area contributed by atoms with Crippen LogP contribution >= 0.6 is 0 Å². The Morgan fingerprint density at radius 1 is 1.44 bits per heavy atom. The van der Waals surface area contributed by atoms with Gasteiger partial charge >= 0.3 is 5.97 Å². The van der Waals surface area contributed by atoms with Gasteiger partial charge in [0.25, 0.3) is 0 Å². The quantitative estimate of drug-likeness (QED) is 0.760. The first kappa shape index (κ1) is 10.2. The molecule has 7 nitrogen and oxygen atoms in total. The third-order valence-corrected chi connectivity index (χ3v) is 2.11. The number of hydrogen-bond donors (Lipinski definition) is 2. The zero-order valence-corrected chi connectivity index (χ0v) is 8.45. The van der Waals surface area contributed by atoms with Gasteiger partial charge in [0.05, 0.1) is 18.8 Å². The normalized spacial score (nSPS) is 10.5. The molecule has 0 atom stereocenters. The fraction of sp³-hybridized carbons (Fsp3) is 0.222. The highest BCUT2D eigenvalue weighted by Gasteiger charge is 2.12. The minimum absolute atomic E-state index is 0.111. The number of aromatic nitrogens is 4. The Balaban J connectivity index is 2.05. The van der Waals surface area contributed by atoms with E-state index in [1.54, 1.807) is 10.9 Å². The van der Waals surface area contributed by atoms with Crippen LogP contribution in [0.25, 0.3) is 0 Å². The van der Waals surface area contributed by atoms with Gasteiger partial charge in [-0.3, -0.25) is 9.36 Å². The molecule has 0 unspecified atom stereocenters. The summed E-state index contributed by atoms with van der Waals surface area (Å²) in [4.78, 5) is 10.7. The summed E-state index contributed by atoms with van der Waals surface area (Å²) >= 11 is 0. The van der Waals surface area contributed by atoms with Gasteiger partial charge in [0.1, 0.15) is 0 Å². The van der Waals surface area contributed by atoms with E-state index in [1.165, 1.54) is 10.9 Å². The number of rotatable bonds is 4. The van der Waals surface area contributed by atoms with Crippen molar-refractivity contribution in [1.82, 2.24) is 19.6 Å². The lowest BCUT2D eigenvalue weighted by Gasteiger charge is -2.01. The van der Waals surface area contributed by atoms with Crippen LogP contribution in [-0.2, 0) is 13.1 Å². The number of nitrogens with two attached hydrogens (primary N) is 1. The number of nitrogens with zero attached hydrogens (tertiary/aromatic N) is 4. The second kappa shape index (κ2) is 4.05. The molecule has 0 saturated carbocycles. The van der Waals surface area contributed by atoms with Gasteiger partial charge in [-0.05, 0) is 6.07 Å². The van der Waals surface area contributed by atoms with Gasteiger partial charge in [0, 0.05) is 18.6 Å². The van der Waals surface area contributed by atoms with Crippen molar-refractivity contribution in [3.8, 4) is 0 Å². The Kier molecular flexibility index (Phi) is 2.59. The van der Waals surface area contributed by atoms with E-state index in [4.69, 9.17) is 10.8 Å². The molecular weight excluding hydrogens is 210 g/mol. The molecule has 0 aliphatic carbocycles. The Bertz CT molecular complexity index is 488. The average molecular weight is 221 g/mol. The molecule has 7 heteroatoms. The molecule has 0 aliphatic rings. The van der Waals surface area contributed by atoms with Crippen LogP contribution in [0.2, 0.25) is 0 Å². The number of aryl methyl sites for hydroxylation is 2. The van der Waals surface area contributed by atoms with Crippen LogP contribution in [0.3, 0.4) is 0 Å². The molecule has 2 rings (SSSR count). The molecular formula is C9H11N5O2. The van der Waals surface area contributed by atoms with Gasteiger partial charge in [0.15, 0.2) is 5.69 Å². The maximum atomic E-state index is 10.7. The van der Waals surface area contributed by atoms with Crippen LogP contribution in [0.5, 0.6) is 0 Å². The van der Waals surface area contributed by atoms with Crippen molar-refractivity contribution in [2.24, 2.45) is 0 Å². The van der Waals surface area contributed by atoms with Crippen molar-refractivity contribution < 1.29 is 9.90 Å². The number of nitrogen functional groups attached to an aromatic ring is 1. The zero-order valence-electron chi connectivity index (χ0n) is 8.45. The van der Waals surface area contributed by atoms with Crippen molar-refractivity contribution in [3.63, 3.8) is 0 Å². The smallest absolute Gasteiger partial charge is 0.358 e. The maximum absolute atomic E-state index is 10.7. The minimum atomic E-state index is -1.12. The van der Waals surface area contributed by atoms with E-state index >= 15 is 0 Å². The molecule has 16 heavy (non-hydrogen) atoms. The molecule has 0 saturated heterocycles. The number of hydrogen-bond acceptors (Lipinski definition) is 4. The topological polar surface area (TPSA) is 99.0 Å². The lowest BCUT2D eigenvalue weighted by atomic mass is 10.4. The molecule has 2 aromatic rings. The van der Waals surface area contributed by atoms with Crippen molar-refractivity contribution in [2.45, 2.75) is 13.1 Å². The first-order chi connectivity index (χ1) is 7.66. The van der Waals surface area contributed by atoms with Crippen LogP contribution in [-0.4, -0.2) is 30.6 Å². The lowest BCUT2D eigenvalue weighted by molar-refractivity contribution is 0.0690. The number of anilines is 1. The molecule has 0 aromatic carbocycles. The number of carbonyl (C=O) groups is 1. The van der Waals surface area contributed by atoms with Gasteiger partial charge in [-0.15, -0.1) is 0 Å². The molecule has 0 spiro atoms. The summed E-state index contributed by atoms with van der Waals surface area (Å²) in [6.45, 7) is 1.15. The third kappa shape index (κ3) is 2.02.